The second-order valence-corrected chi connectivity index (χ2v) is 6.20. The number of nitrogens with two attached hydrogens (primary N) is 1. The Balaban J connectivity index is 1.92. The minimum atomic E-state index is -0.397. The first-order valence-electron chi connectivity index (χ1n) is 8.05. The van der Waals surface area contributed by atoms with Gasteiger partial charge in [0.15, 0.2) is 0 Å². The predicted molar refractivity (Wildman–Crippen MR) is 94.6 cm³/mol. The van der Waals surface area contributed by atoms with E-state index in [0.717, 1.165) is 22.0 Å². The molecule has 0 fully saturated rings. The van der Waals surface area contributed by atoms with Crippen molar-refractivity contribution < 1.29 is 9.59 Å². The molecule has 0 spiro atoms. The predicted octanol–water partition coefficient (Wildman–Crippen LogP) is 1.71. The van der Waals surface area contributed by atoms with Crippen molar-refractivity contribution in [1.82, 2.24) is 14.9 Å². The quantitative estimate of drug-likeness (QED) is 0.435. The van der Waals surface area contributed by atoms with Gasteiger partial charge < -0.3 is 9.47 Å². The molecule has 0 radical (unpaired) electrons. The number of aromatic nitrogens is 1. The fourth-order valence-corrected chi connectivity index (χ4v) is 3.66. The van der Waals surface area contributed by atoms with Gasteiger partial charge in [-0.2, -0.15) is 0 Å². The van der Waals surface area contributed by atoms with Crippen LogP contribution in [0.2, 0.25) is 0 Å². The SMILES string of the molecule is Cn1cc(C2c3ccccc3C(=O)N2CC(=O)NN)c2ccccc21. The first-order chi connectivity index (χ1) is 12.1. The van der Waals surface area contributed by atoms with Crippen molar-refractivity contribution in [2.24, 2.45) is 12.9 Å². The zero-order chi connectivity index (χ0) is 17.6. The molecule has 3 aromatic rings. The Hall–Kier alpha value is -3.12. The molecule has 0 saturated heterocycles. The molecule has 1 atom stereocenters. The van der Waals surface area contributed by atoms with Gasteiger partial charge in [-0.25, -0.2) is 5.84 Å². The van der Waals surface area contributed by atoms with Crippen LogP contribution in [0.3, 0.4) is 0 Å². The number of nitrogens with one attached hydrogen (secondary N) is 1. The van der Waals surface area contributed by atoms with Crippen LogP contribution in [0.1, 0.15) is 27.5 Å². The van der Waals surface area contributed by atoms with Gasteiger partial charge in [0.1, 0.15) is 6.54 Å². The molecule has 126 valence electrons. The summed E-state index contributed by atoms with van der Waals surface area (Å²) in [5, 5.41) is 1.07. The normalized spacial score (nSPS) is 16.3. The number of carbonyl (C=O) groups is 2. The number of fused-ring (bicyclic) bond motifs is 2. The number of benzene rings is 2. The number of hydrazine groups is 1. The lowest BCUT2D eigenvalue weighted by Crippen LogP contribution is -2.42. The first kappa shape index (κ1) is 15.4. The largest absolute Gasteiger partial charge is 0.350 e. The first-order valence-corrected chi connectivity index (χ1v) is 8.05. The van der Waals surface area contributed by atoms with Crippen molar-refractivity contribution in [3.63, 3.8) is 0 Å². The summed E-state index contributed by atoms with van der Waals surface area (Å²) in [6, 6.07) is 15.2. The molecule has 1 unspecified atom stereocenters. The Labute approximate surface area is 144 Å². The summed E-state index contributed by atoms with van der Waals surface area (Å²) in [5.74, 6) is 4.69. The Morgan fingerprint density at radius 1 is 1.12 bits per heavy atom. The molecular formula is C19H18N4O2. The number of aryl methyl sites for hydroxylation is 1. The van der Waals surface area contributed by atoms with E-state index in [9.17, 15) is 9.59 Å². The minimum Gasteiger partial charge on any atom is -0.350 e. The third-order valence-corrected chi connectivity index (χ3v) is 4.76. The van der Waals surface area contributed by atoms with E-state index in [4.69, 9.17) is 5.84 Å². The maximum absolute atomic E-state index is 12.9. The Kier molecular flexibility index (Phi) is 3.54. The Morgan fingerprint density at radius 3 is 2.64 bits per heavy atom. The van der Waals surface area contributed by atoms with Crippen LogP contribution in [0, 0.1) is 0 Å². The maximum Gasteiger partial charge on any atom is 0.255 e. The molecule has 1 aliphatic rings. The number of amides is 2. The molecule has 0 saturated carbocycles. The molecule has 1 aliphatic heterocycles. The highest BCUT2D eigenvalue weighted by Crippen LogP contribution is 2.41. The molecule has 3 N–H and O–H groups in total. The summed E-state index contributed by atoms with van der Waals surface area (Å²) in [6.07, 6.45) is 2.03. The second kappa shape index (κ2) is 5.75. The molecule has 25 heavy (non-hydrogen) atoms. The average molecular weight is 334 g/mol. The topological polar surface area (TPSA) is 80.4 Å². The van der Waals surface area contributed by atoms with Crippen molar-refractivity contribution >= 4 is 22.7 Å². The number of para-hydroxylation sites is 1. The second-order valence-electron chi connectivity index (χ2n) is 6.20. The number of nitrogens with zero attached hydrogens (tertiary/aromatic N) is 2. The van der Waals surface area contributed by atoms with Crippen LogP contribution in [0.15, 0.2) is 54.7 Å². The molecule has 2 amide bonds. The van der Waals surface area contributed by atoms with Crippen LogP contribution in [0.25, 0.3) is 10.9 Å². The van der Waals surface area contributed by atoms with Gasteiger partial charge in [0.2, 0.25) is 0 Å². The summed E-state index contributed by atoms with van der Waals surface area (Å²) >= 11 is 0. The molecule has 0 aliphatic carbocycles. The van der Waals surface area contributed by atoms with E-state index < -0.39 is 5.91 Å². The lowest BCUT2D eigenvalue weighted by molar-refractivity contribution is -0.122. The van der Waals surface area contributed by atoms with Crippen molar-refractivity contribution in [3.8, 4) is 0 Å². The molecule has 2 aromatic carbocycles. The van der Waals surface area contributed by atoms with E-state index in [1.165, 1.54) is 0 Å². The van der Waals surface area contributed by atoms with Crippen LogP contribution in [0.4, 0.5) is 0 Å². The number of hydrogen-bond donors (Lipinski definition) is 2. The molecule has 1 aromatic heterocycles. The van der Waals surface area contributed by atoms with Gasteiger partial charge in [0.25, 0.3) is 11.8 Å². The number of rotatable bonds is 3. The van der Waals surface area contributed by atoms with Gasteiger partial charge in [0, 0.05) is 35.3 Å². The standard InChI is InChI=1S/C19H18N4O2/c1-22-10-15(12-6-4-5-9-16(12)22)18-13-7-2-3-8-14(13)19(25)23(18)11-17(24)21-20/h2-10,18H,11,20H2,1H3,(H,21,24). The van der Waals surface area contributed by atoms with Gasteiger partial charge in [-0.1, -0.05) is 36.4 Å². The van der Waals surface area contributed by atoms with Crippen LogP contribution in [-0.4, -0.2) is 27.8 Å². The summed E-state index contributed by atoms with van der Waals surface area (Å²) in [5.41, 5.74) is 5.74. The minimum absolute atomic E-state index is 0.0854. The van der Waals surface area contributed by atoms with E-state index in [1.54, 1.807) is 11.0 Å². The maximum atomic E-state index is 12.9. The fraction of sp³-hybridized carbons (Fsp3) is 0.158. The zero-order valence-electron chi connectivity index (χ0n) is 13.8. The fourth-order valence-electron chi connectivity index (χ4n) is 3.66. The Morgan fingerprint density at radius 2 is 1.84 bits per heavy atom. The average Bonchev–Trinajstić information content (AvgIpc) is 3.11. The van der Waals surface area contributed by atoms with E-state index in [-0.39, 0.29) is 18.5 Å². The summed E-state index contributed by atoms with van der Waals surface area (Å²) in [6.45, 7) is -0.0854. The monoisotopic (exact) mass is 334 g/mol. The van der Waals surface area contributed by atoms with Crippen LogP contribution in [0.5, 0.6) is 0 Å². The smallest absolute Gasteiger partial charge is 0.255 e. The number of carbonyl (C=O) groups excluding carboxylic acids is 2. The third kappa shape index (κ3) is 2.30. The van der Waals surface area contributed by atoms with Crippen molar-refractivity contribution in [3.05, 3.63) is 71.4 Å². The highest BCUT2D eigenvalue weighted by molar-refractivity contribution is 6.02. The third-order valence-electron chi connectivity index (χ3n) is 4.76. The molecule has 0 bridgehead atoms. The summed E-state index contributed by atoms with van der Waals surface area (Å²) in [4.78, 5) is 26.3. The van der Waals surface area contributed by atoms with E-state index in [2.05, 4.69) is 5.43 Å². The molecular weight excluding hydrogens is 316 g/mol. The highest BCUT2D eigenvalue weighted by Gasteiger charge is 2.39. The van der Waals surface area contributed by atoms with Gasteiger partial charge >= 0.3 is 0 Å². The van der Waals surface area contributed by atoms with Crippen LogP contribution in [-0.2, 0) is 11.8 Å². The van der Waals surface area contributed by atoms with Crippen molar-refractivity contribution in [2.45, 2.75) is 6.04 Å². The molecule has 4 rings (SSSR count). The van der Waals surface area contributed by atoms with Crippen LogP contribution >= 0.6 is 0 Å². The van der Waals surface area contributed by atoms with Gasteiger partial charge in [-0.3, -0.25) is 15.0 Å². The van der Waals surface area contributed by atoms with Gasteiger partial charge in [-0.05, 0) is 17.7 Å². The molecule has 6 heteroatoms. The summed E-state index contributed by atoms with van der Waals surface area (Å²) in [7, 11) is 1.98. The van der Waals surface area contributed by atoms with Gasteiger partial charge in [-0.15, -0.1) is 0 Å². The lowest BCUT2D eigenvalue weighted by Gasteiger charge is -2.24. The summed E-state index contributed by atoms with van der Waals surface area (Å²) < 4.78 is 2.04. The molecule has 6 nitrogen and oxygen atoms in total. The highest BCUT2D eigenvalue weighted by atomic mass is 16.2. The lowest BCUT2D eigenvalue weighted by atomic mass is 9.97. The van der Waals surface area contributed by atoms with E-state index >= 15 is 0 Å². The molecule has 2 heterocycles. The Bertz CT molecular complexity index is 992. The van der Waals surface area contributed by atoms with E-state index in [0.29, 0.717) is 5.56 Å². The van der Waals surface area contributed by atoms with E-state index in [1.807, 2.05) is 60.3 Å². The zero-order valence-corrected chi connectivity index (χ0v) is 13.8. The van der Waals surface area contributed by atoms with Crippen LogP contribution < -0.4 is 11.3 Å². The number of hydrogen-bond acceptors (Lipinski definition) is 3. The van der Waals surface area contributed by atoms with Crippen molar-refractivity contribution in [1.29, 1.82) is 0 Å². The van der Waals surface area contributed by atoms with Gasteiger partial charge in [0.05, 0.1) is 6.04 Å². The van der Waals surface area contributed by atoms with Crippen molar-refractivity contribution in [2.75, 3.05) is 6.54 Å².